The first-order valence-electron chi connectivity index (χ1n) is 8.40. The summed E-state index contributed by atoms with van der Waals surface area (Å²) in [6.45, 7) is -5.83. The highest BCUT2D eigenvalue weighted by Crippen LogP contribution is 2.16. The van der Waals surface area contributed by atoms with Gasteiger partial charge in [-0.3, -0.25) is 9.59 Å². The first-order valence-corrected chi connectivity index (χ1v) is 5.40. The molecule has 6 nitrogen and oxygen atoms in total. The number of benzene rings is 1. The molecule has 6 heteroatoms. The quantitative estimate of drug-likeness (QED) is 0.764. The van der Waals surface area contributed by atoms with E-state index >= 15 is 0 Å². The lowest BCUT2D eigenvalue weighted by Gasteiger charge is -2.14. The van der Waals surface area contributed by atoms with Gasteiger partial charge in [0.25, 0.3) is 11.8 Å². The van der Waals surface area contributed by atoms with Crippen LogP contribution >= 0.6 is 0 Å². The van der Waals surface area contributed by atoms with Gasteiger partial charge < -0.3 is 9.74 Å². The van der Waals surface area contributed by atoms with Crippen LogP contribution in [0.2, 0.25) is 0 Å². The van der Waals surface area contributed by atoms with Crippen molar-refractivity contribution < 1.29 is 27.4 Å². The first-order chi connectivity index (χ1) is 11.4. The Morgan fingerprint density at radius 1 is 1.21 bits per heavy atom. The third-order valence-corrected chi connectivity index (χ3v) is 2.54. The molecule has 0 spiro atoms. The van der Waals surface area contributed by atoms with Crippen LogP contribution < -0.4 is 4.90 Å². The molecule has 1 aromatic carbocycles. The maximum Gasteiger partial charge on any atom is 0.363 e. The summed E-state index contributed by atoms with van der Waals surface area (Å²) >= 11 is 0. The highest BCUT2D eigenvalue weighted by molar-refractivity contribution is 6.02. The summed E-state index contributed by atoms with van der Waals surface area (Å²) in [5.41, 5.74) is -0.225. The SMILES string of the molecule is [2H]C([2H])([2H])N(c1ccc(C(=O)ON2C(=O)CCC2=O)cc1)C([2H])([2H])[2H]. The van der Waals surface area contributed by atoms with E-state index in [9.17, 15) is 14.4 Å². The number of carbonyl (C=O) groups is 3. The zero-order chi connectivity index (χ0) is 19.0. The average Bonchev–Trinajstić information content (AvgIpc) is 2.77. The zero-order valence-electron chi connectivity index (χ0n) is 15.8. The molecule has 1 fully saturated rings. The second kappa shape index (κ2) is 5.09. The Kier molecular flexibility index (Phi) is 1.95. The molecule has 1 saturated heterocycles. The standard InChI is InChI=1S/C13H14N2O4/c1-14(2)10-5-3-9(4-6-10)13(18)19-15-11(16)7-8-12(15)17/h3-6H,7-8H2,1-2H3/i1D3,2D3. The van der Waals surface area contributed by atoms with Crippen LogP contribution in [0, 0.1) is 0 Å². The maximum absolute atomic E-state index is 12.0. The van der Waals surface area contributed by atoms with Gasteiger partial charge in [-0.2, -0.15) is 0 Å². The molecule has 0 aliphatic carbocycles. The Morgan fingerprint density at radius 3 is 2.32 bits per heavy atom. The van der Waals surface area contributed by atoms with Gasteiger partial charge in [0, 0.05) is 40.7 Å². The molecule has 1 aromatic rings. The minimum absolute atomic E-state index is 0.0445. The van der Waals surface area contributed by atoms with Crippen LogP contribution in [0.1, 0.15) is 31.4 Å². The molecule has 2 rings (SSSR count). The van der Waals surface area contributed by atoms with Crippen molar-refractivity contribution in [1.82, 2.24) is 5.06 Å². The summed E-state index contributed by atoms with van der Waals surface area (Å²) < 4.78 is 44.0. The summed E-state index contributed by atoms with van der Waals surface area (Å²) in [4.78, 5) is 39.8. The van der Waals surface area contributed by atoms with Crippen LogP contribution in [0.4, 0.5) is 5.69 Å². The second-order valence-corrected chi connectivity index (χ2v) is 3.84. The largest absolute Gasteiger partial charge is 0.378 e. The van der Waals surface area contributed by atoms with E-state index in [-0.39, 0.29) is 29.0 Å². The van der Waals surface area contributed by atoms with Crippen molar-refractivity contribution in [3.63, 3.8) is 0 Å². The van der Waals surface area contributed by atoms with Crippen molar-refractivity contribution in [3.05, 3.63) is 29.8 Å². The number of amides is 2. The molecule has 0 radical (unpaired) electrons. The fourth-order valence-electron chi connectivity index (χ4n) is 1.54. The van der Waals surface area contributed by atoms with Gasteiger partial charge in [-0.05, 0) is 24.3 Å². The highest BCUT2D eigenvalue weighted by atomic mass is 16.7. The van der Waals surface area contributed by atoms with E-state index in [1.807, 2.05) is 0 Å². The Balaban J connectivity index is 2.20. The number of nitrogens with zero attached hydrogens (tertiary/aromatic N) is 2. The minimum Gasteiger partial charge on any atom is -0.378 e. The van der Waals surface area contributed by atoms with Gasteiger partial charge in [-0.1, -0.05) is 0 Å². The van der Waals surface area contributed by atoms with Gasteiger partial charge in [0.1, 0.15) is 0 Å². The van der Waals surface area contributed by atoms with Gasteiger partial charge in [0.2, 0.25) is 0 Å². The number of carbonyl (C=O) groups excluding carboxylic acids is 3. The highest BCUT2D eigenvalue weighted by Gasteiger charge is 2.33. The van der Waals surface area contributed by atoms with E-state index in [0.29, 0.717) is 5.06 Å². The predicted molar refractivity (Wildman–Crippen MR) is 67.3 cm³/mol. The van der Waals surface area contributed by atoms with Crippen LogP contribution in [0.25, 0.3) is 0 Å². The molecule has 0 atom stereocenters. The fraction of sp³-hybridized carbons (Fsp3) is 0.308. The summed E-state index contributed by atoms with van der Waals surface area (Å²) in [6, 6.07) is 4.55. The Bertz CT molecular complexity index is 668. The summed E-state index contributed by atoms with van der Waals surface area (Å²) in [6.07, 6.45) is -0.0889. The van der Waals surface area contributed by atoms with E-state index in [1.165, 1.54) is 0 Å². The average molecular weight is 268 g/mol. The van der Waals surface area contributed by atoms with Crippen molar-refractivity contribution in [3.8, 4) is 0 Å². The van der Waals surface area contributed by atoms with Gasteiger partial charge in [-0.25, -0.2) is 4.79 Å². The number of imide groups is 1. The van der Waals surface area contributed by atoms with Crippen LogP contribution in [0.5, 0.6) is 0 Å². The number of rotatable bonds is 3. The topological polar surface area (TPSA) is 66.9 Å². The second-order valence-electron chi connectivity index (χ2n) is 3.84. The molecule has 0 aromatic heterocycles. The Hall–Kier alpha value is -2.37. The van der Waals surface area contributed by atoms with Gasteiger partial charge in [0.05, 0.1) is 5.56 Å². The number of hydroxylamine groups is 2. The van der Waals surface area contributed by atoms with Crippen molar-refractivity contribution in [2.75, 3.05) is 18.9 Å². The van der Waals surface area contributed by atoms with Gasteiger partial charge >= 0.3 is 5.97 Å². The zero-order valence-corrected chi connectivity index (χ0v) is 9.75. The van der Waals surface area contributed by atoms with Gasteiger partial charge in [-0.15, -0.1) is 5.06 Å². The Morgan fingerprint density at radius 2 is 1.79 bits per heavy atom. The van der Waals surface area contributed by atoms with E-state index in [2.05, 4.69) is 0 Å². The summed E-state index contributed by atoms with van der Waals surface area (Å²) in [7, 11) is 0. The number of hydrogen-bond acceptors (Lipinski definition) is 5. The normalized spacial score (nSPS) is 20.7. The monoisotopic (exact) mass is 268 g/mol. The molecule has 1 aliphatic heterocycles. The number of anilines is 1. The lowest BCUT2D eigenvalue weighted by atomic mass is 10.2. The molecule has 100 valence electrons. The number of hydrogen-bond donors (Lipinski definition) is 0. The lowest BCUT2D eigenvalue weighted by Crippen LogP contribution is -2.32. The fourth-order valence-corrected chi connectivity index (χ4v) is 1.54. The van der Waals surface area contributed by atoms with Crippen molar-refractivity contribution in [1.29, 1.82) is 0 Å². The van der Waals surface area contributed by atoms with Crippen LogP contribution in [0.3, 0.4) is 0 Å². The van der Waals surface area contributed by atoms with Crippen molar-refractivity contribution in [2.24, 2.45) is 0 Å². The van der Waals surface area contributed by atoms with Gasteiger partial charge in [0.15, 0.2) is 0 Å². The van der Waals surface area contributed by atoms with E-state index in [1.54, 1.807) is 0 Å². The third-order valence-electron chi connectivity index (χ3n) is 2.54. The molecule has 1 heterocycles. The first kappa shape index (κ1) is 7.28. The van der Waals surface area contributed by atoms with Crippen LogP contribution in [-0.2, 0) is 14.4 Å². The summed E-state index contributed by atoms with van der Waals surface area (Å²) in [5, 5.41) is 0.382. The molecule has 0 N–H and O–H groups in total. The van der Waals surface area contributed by atoms with Crippen molar-refractivity contribution in [2.45, 2.75) is 12.8 Å². The van der Waals surface area contributed by atoms with E-state index in [0.717, 1.165) is 24.3 Å². The summed E-state index contributed by atoms with van der Waals surface area (Å²) in [5.74, 6) is -2.26. The van der Waals surface area contributed by atoms with Crippen molar-refractivity contribution >= 4 is 23.5 Å². The molecule has 1 aliphatic rings. The smallest absolute Gasteiger partial charge is 0.363 e. The third kappa shape index (κ3) is 2.73. The van der Waals surface area contributed by atoms with Crippen LogP contribution in [-0.4, -0.2) is 36.8 Å². The molecular weight excluding hydrogens is 248 g/mol. The molecule has 0 saturated carbocycles. The van der Waals surface area contributed by atoms with Crippen LogP contribution in [0.15, 0.2) is 24.3 Å². The predicted octanol–water partition coefficient (Wildman–Crippen LogP) is 0.973. The lowest BCUT2D eigenvalue weighted by molar-refractivity contribution is -0.172. The molecule has 2 amide bonds. The Labute approximate surface area is 118 Å². The molecule has 0 bridgehead atoms. The van der Waals surface area contributed by atoms with E-state index in [4.69, 9.17) is 13.1 Å². The molecular formula is C13H14N2O4. The van der Waals surface area contributed by atoms with E-state index < -0.39 is 31.7 Å². The maximum atomic E-state index is 12.0. The molecule has 0 unspecified atom stereocenters. The minimum atomic E-state index is -2.92. The molecule has 19 heavy (non-hydrogen) atoms.